The molecule has 0 radical (unpaired) electrons. The summed E-state index contributed by atoms with van der Waals surface area (Å²) in [7, 11) is 2.20. The molecule has 0 unspecified atom stereocenters. The number of rotatable bonds is 6. The maximum atomic E-state index is 7.08. The van der Waals surface area contributed by atoms with Crippen molar-refractivity contribution in [2.45, 2.75) is 53.4 Å². The number of aryl methyl sites for hydroxylation is 3. The first-order chi connectivity index (χ1) is 23.7. The van der Waals surface area contributed by atoms with Gasteiger partial charge in [-0.25, -0.2) is 4.57 Å². The van der Waals surface area contributed by atoms with Crippen molar-refractivity contribution in [3.63, 3.8) is 0 Å². The number of imidazole rings is 1. The lowest BCUT2D eigenvalue weighted by Crippen LogP contribution is -2.30. The number of fused-ring (bicyclic) bond motifs is 4. The lowest BCUT2D eigenvalue weighted by Gasteiger charge is -2.18. The molecule has 0 aliphatic carbocycles. The summed E-state index contributed by atoms with van der Waals surface area (Å²) < 4.78 is 12.0. The molecule has 0 aliphatic heterocycles. The Hall–Kier alpha value is -5.41. The van der Waals surface area contributed by atoms with Crippen molar-refractivity contribution >= 4 is 33.0 Å². The highest BCUT2D eigenvalue weighted by Crippen LogP contribution is 2.44. The normalized spacial score (nSPS) is 11.9. The SMILES string of the molecule is Cc1ccc2c(oc3c(C)ccc(-c4ccc(-c5ccccc5)cc4)c32)c1-c1n(-c2c(C(C)C)cccc2C(C)C)c2ccccc2[n+]1C. The summed E-state index contributed by atoms with van der Waals surface area (Å²) in [6.45, 7) is 13.6. The van der Waals surface area contributed by atoms with Crippen LogP contribution in [0.3, 0.4) is 0 Å². The van der Waals surface area contributed by atoms with Crippen LogP contribution in [0.2, 0.25) is 0 Å². The number of furan rings is 1. The summed E-state index contributed by atoms with van der Waals surface area (Å²) >= 11 is 0. The second kappa shape index (κ2) is 11.9. The zero-order valence-electron chi connectivity index (χ0n) is 29.5. The van der Waals surface area contributed by atoms with E-state index in [1.165, 1.54) is 61.1 Å². The molecule has 2 heterocycles. The van der Waals surface area contributed by atoms with Gasteiger partial charge in [-0.1, -0.05) is 137 Å². The molecular formula is C46H43N2O+. The van der Waals surface area contributed by atoms with Gasteiger partial charge in [-0.05, 0) is 71.2 Å². The van der Waals surface area contributed by atoms with Crippen molar-refractivity contribution in [3.05, 3.63) is 144 Å². The number of benzene rings is 6. The van der Waals surface area contributed by atoms with Gasteiger partial charge in [-0.2, -0.15) is 4.57 Å². The molecule has 0 fully saturated rings. The van der Waals surface area contributed by atoms with Gasteiger partial charge in [0.25, 0.3) is 5.82 Å². The summed E-state index contributed by atoms with van der Waals surface area (Å²) in [5, 5.41) is 2.30. The van der Waals surface area contributed by atoms with Crippen LogP contribution in [0.1, 0.15) is 61.8 Å². The first-order valence-electron chi connectivity index (χ1n) is 17.5. The van der Waals surface area contributed by atoms with Crippen LogP contribution in [0.4, 0.5) is 0 Å². The van der Waals surface area contributed by atoms with E-state index >= 15 is 0 Å². The summed E-state index contributed by atoms with van der Waals surface area (Å²) in [6.07, 6.45) is 0. The summed E-state index contributed by atoms with van der Waals surface area (Å²) in [5.74, 6) is 1.84. The lowest BCUT2D eigenvalue weighted by molar-refractivity contribution is -0.633. The minimum Gasteiger partial charge on any atom is -0.455 e. The Morgan fingerprint density at radius 2 is 1.18 bits per heavy atom. The molecule has 0 N–H and O–H groups in total. The van der Waals surface area contributed by atoms with Crippen molar-refractivity contribution in [3.8, 4) is 39.3 Å². The minimum atomic E-state index is 0.356. The van der Waals surface area contributed by atoms with E-state index < -0.39 is 0 Å². The molecule has 0 saturated heterocycles. The Bertz CT molecular complexity index is 2480. The van der Waals surface area contributed by atoms with Gasteiger partial charge in [0.05, 0.1) is 7.05 Å². The van der Waals surface area contributed by atoms with E-state index in [2.05, 4.69) is 179 Å². The predicted molar refractivity (Wildman–Crippen MR) is 206 cm³/mol. The maximum Gasteiger partial charge on any atom is 0.299 e. The monoisotopic (exact) mass is 639 g/mol. The molecule has 0 spiro atoms. The average Bonchev–Trinajstić information content (AvgIpc) is 3.64. The summed E-state index contributed by atoms with van der Waals surface area (Å²) in [6, 6.07) is 44.1. The van der Waals surface area contributed by atoms with Crippen LogP contribution in [0.15, 0.2) is 126 Å². The molecule has 49 heavy (non-hydrogen) atoms. The van der Waals surface area contributed by atoms with Gasteiger partial charge in [0.2, 0.25) is 0 Å². The summed E-state index contributed by atoms with van der Waals surface area (Å²) in [4.78, 5) is 0. The Kier molecular flexibility index (Phi) is 7.52. The van der Waals surface area contributed by atoms with E-state index in [-0.39, 0.29) is 0 Å². The molecule has 242 valence electrons. The fourth-order valence-electron chi connectivity index (χ4n) is 7.75. The van der Waals surface area contributed by atoms with E-state index in [9.17, 15) is 0 Å². The molecule has 8 rings (SSSR count). The first-order valence-corrected chi connectivity index (χ1v) is 17.5. The molecule has 3 heteroatoms. The topological polar surface area (TPSA) is 21.9 Å². The molecule has 2 aromatic heterocycles. The van der Waals surface area contributed by atoms with Gasteiger partial charge in [0, 0.05) is 21.9 Å². The van der Waals surface area contributed by atoms with Crippen LogP contribution < -0.4 is 4.57 Å². The smallest absolute Gasteiger partial charge is 0.299 e. The van der Waals surface area contributed by atoms with Gasteiger partial charge in [-0.15, -0.1) is 0 Å². The third kappa shape index (κ3) is 4.91. The zero-order valence-corrected chi connectivity index (χ0v) is 29.5. The van der Waals surface area contributed by atoms with Crippen LogP contribution in [-0.2, 0) is 7.05 Å². The maximum absolute atomic E-state index is 7.08. The van der Waals surface area contributed by atoms with Gasteiger partial charge in [0.1, 0.15) is 16.8 Å². The van der Waals surface area contributed by atoms with Crippen LogP contribution in [0.5, 0.6) is 0 Å². The fourth-order valence-corrected chi connectivity index (χ4v) is 7.75. The quantitative estimate of drug-likeness (QED) is 0.166. The Balaban J connectivity index is 1.44. The highest BCUT2D eigenvalue weighted by molar-refractivity contribution is 6.16. The third-order valence-corrected chi connectivity index (χ3v) is 10.3. The van der Waals surface area contributed by atoms with E-state index in [0.717, 1.165) is 33.5 Å². The highest BCUT2D eigenvalue weighted by atomic mass is 16.3. The Morgan fingerprint density at radius 3 is 1.88 bits per heavy atom. The van der Waals surface area contributed by atoms with Crippen LogP contribution >= 0.6 is 0 Å². The van der Waals surface area contributed by atoms with E-state index in [4.69, 9.17) is 4.42 Å². The van der Waals surface area contributed by atoms with Crippen molar-refractivity contribution in [2.75, 3.05) is 0 Å². The standard InChI is InChI=1S/C46H43N2O/c1-28(2)35-16-13-17-36(29(3)4)43(35)48-40-19-12-11-18-39(40)47(7)46(48)41-30(5)20-27-38-42-37(26-21-31(6)44(42)49-45(38)41)34-24-22-33(23-25-34)32-14-9-8-10-15-32/h8-29H,1-7H3/q+1. The van der Waals surface area contributed by atoms with Gasteiger partial charge in [0.15, 0.2) is 16.6 Å². The molecule has 8 aromatic rings. The molecular weight excluding hydrogens is 597 g/mol. The highest BCUT2D eigenvalue weighted by Gasteiger charge is 2.33. The second-order valence-electron chi connectivity index (χ2n) is 14.1. The van der Waals surface area contributed by atoms with Gasteiger partial charge in [-0.3, -0.25) is 0 Å². The minimum absolute atomic E-state index is 0.356. The zero-order chi connectivity index (χ0) is 34.0. The molecule has 0 amide bonds. The van der Waals surface area contributed by atoms with Gasteiger partial charge < -0.3 is 4.42 Å². The van der Waals surface area contributed by atoms with E-state index in [1.807, 2.05) is 0 Å². The number of para-hydroxylation sites is 3. The fraction of sp³-hybridized carbons (Fsp3) is 0.196. The van der Waals surface area contributed by atoms with Crippen molar-refractivity contribution < 1.29 is 8.98 Å². The van der Waals surface area contributed by atoms with Crippen molar-refractivity contribution in [1.29, 1.82) is 0 Å². The number of aromatic nitrogens is 2. The van der Waals surface area contributed by atoms with Crippen molar-refractivity contribution in [1.82, 2.24) is 4.57 Å². The number of hydrogen-bond acceptors (Lipinski definition) is 1. The van der Waals surface area contributed by atoms with Crippen LogP contribution in [0, 0.1) is 13.8 Å². The van der Waals surface area contributed by atoms with E-state index in [1.54, 1.807) is 0 Å². The number of nitrogens with zero attached hydrogens (tertiary/aromatic N) is 2. The Morgan fingerprint density at radius 1 is 0.571 bits per heavy atom. The lowest BCUT2D eigenvalue weighted by atomic mass is 9.92. The van der Waals surface area contributed by atoms with E-state index in [0.29, 0.717) is 11.8 Å². The predicted octanol–water partition coefficient (Wildman–Crippen LogP) is 12.2. The Labute approximate surface area is 289 Å². The third-order valence-electron chi connectivity index (χ3n) is 10.3. The number of hydrogen-bond donors (Lipinski definition) is 0. The van der Waals surface area contributed by atoms with Crippen molar-refractivity contribution in [2.24, 2.45) is 7.05 Å². The molecule has 3 nitrogen and oxygen atoms in total. The molecule has 0 bridgehead atoms. The second-order valence-corrected chi connectivity index (χ2v) is 14.1. The summed E-state index contributed by atoms with van der Waals surface area (Å²) in [5.41, 5.74) is 16.5. The molecule has 6 aromatic carbocycles. The molecule has 0 aliphatic rings. The average molecular weight is 640 g/mol. The molecule has 0 atom stereocenters. The van der Waals surface area contributed by atoms with Crippen LogP contribution in [-0.4, -0.2) is 4.57 Å². The largest absolute Gasteiger partial charge is 0.455 e. The van der Waals surface area contributed by atoms with Crippen LogP contribution in [0.25, 0.3) is 72.3 Å². The molecule has 0 saturated carbocycles. The first kappa shape index (κ1) is 30.9. The van der Waals surface area contributed by atoms with Gasteiger partial charge >= 0.3 is 0 Å².